The van der Waals surface area contributed by atoms with Gasteiger partial charge in [0.25, 0.3) is 0 Å². The number of carboxylic acids is 1. The summed E-state index contributed by atoms with van der Waals surface area (Å²) in [7, 11) is 0. The third-order valence-electron chi connectivity index (χ3n) is 2.59. The van der Waals surface area contributed by atoms with Gasteiger partial charge in [-0.15, -0.1) is 0 Å². The summed E-state index contributed by atoms with van der Waals surface area (Å²) in [5.74, 6) is -1.95. The molecule has 0 aliphatic carbocycles. The quantitative estimate of drug-likeness (QED) is 0.654. The Labute approximate surface area is 76.9 Å². The molecule has 1 saturated heterocycles. The van der Waals surface area contributed by atoms with E-state index in [1.54, 1.807) is 20.8 Å². The summed E-state index contributed by atoms with van der Waals surface area (Å²) in [6.07, 6.45) is 0.277. The number of aliphatic carboxylic acids is 1. The van der Waals surface area contributed by atoms with Crippen LogP contribution in [0.5, 0.6) is 0 Å². The first-order valence-corrected chi connectivity index (χ1v) is 4.36. The molecule has 0 amide bonds. The molecule has 13 heavy (non-hydrogen) atoms. The summed E-state index contributed by atoms with van der Waals surface area (Å²) in [5, 5.41) is 8.99. The first-order valence-electron chi connectivity index (χ1n) is 4.36. The molecule has 74 valence electrons. The summed E-state index contributed by atoms with van der Waals surface area (Å²) in [5.41, 5.74) is -1.30. The Morgan fingerprint density at radius 1 is 1.69 bits per heavy atom. The molecule has 1 aliphatic rings. The van der Waals surface area contributed by atoms with Crippen LogP contribution in [0.1, 0.15) is 27.2 Å². The Bertz CT molecular complexity index is 246. The van der Waals surface area contributed by atoms with Gasteiger partial charge >= 0.3 is 11.9 Å². The molecular weight excluding hydrogens is 172 g/mol. The second kappa shape index (κ2) is 3.01. The van der Waals surface area contributed by atoms with Gasteiger partial charge in [-0.1, -0.05) is 20.8 Å². The van der Waals surface area contributed by atoms with E-state index in [9.17, 15) is 9.59 Å². The minimum atomic E-state index is -1.30. The van der Waals surface area contributed by atoms with Crippen LogP contribution in [-0.4, -0.2) is 22.6 Å². The molecule has 1 rings (SSSR count). The van der Waals surface area contributed by atoms with Gasteiger partial charge in [-0.2, -0.15) is 0 Å². The lowest BCUT2D eigenvalue weighted by molar-refractivity contribution is -0.174. The van der Waals surface area contributed by atoms with Crippen LogP contribution in [0.2, 0.25) is 0 Å². The molecule has 0 aromatic rings. The Hall–Kier alpha value is -1.06. The van der Waals surface area contributed by atoms with E-state index in [0.717, 1.165) is 0 Å². The second-order valence-electron chi connectivity index (χ2n) is 3.88. The lowest BCUT2D eigenvalue weighted by atomic mass is 9.85. The van der Waals surface area contributed by atoms with Crippen molar-refractivity contribution in [1.29, 1.82) is 0 Å². The molecule has 4 nitrogen and oxygen atoms in total. The van der Waals surface area contributed by atoms with Crippen LogP contribution < -0.4 is 0 Å². The summed E-state index contributed by atoms with van der Waals surface area (Å²) in [6.45, 7) is 5.19. The molecule has 2 unspecified atom stereocenters. The maximum atomic E-state index is 11.1. The first-order chi connectivity index (χ1) is 5.90. The molecule has 0 spiro atoms. The Kier molecular flexibility index (Phi) is 2.32. The van der Waals surface area contributed by atoms with Gasteiger partial charge in [0, 0.05) is 12.3 Å². The molecule has 0 aromatic carbocycles. The van der Waals surface area contributed by atoms with E-state index < -0.39 is 17.5 Å². The number of carbonyl (C=O) groups excluding carboxylic acids is 1. The standard InChI is InChI=1S/C9H14O4/c1-5(2)9(8(11)12)4-6(3)7(10)13-9/h5-6H,4H2,1-3H3,(H,11,12). The Balaban J connectivity index is 2.96. The van der Waals surface area contributed by atoms with Gasteiger partial charge in [0.05, 0.1) is 5.92 Å². The van der Waals surface area contributed by atoms with Crippen LogP contribution in [0, 0.1) is 11.8 Å². The van der Waals surface area contributed by atoms with Gasteiger partial charge in [0.15, 0.2) is 0 Å². The maximum absolute atomic E-state index is 11.1. The molecule has 4 heteroatoms. The van der Waals surface area contributed by atoms with E-state index in [2.05, 4.69) is 0 Å². The number of carbonyl (C=O) groups is 2. The van der Waals surface area contributed by atoms with Crippen molar-refractivity contribution in [3.8, 4) is 0 Å². The van der Waals surface area contributed by atoms with Crippen molar-refractivity contribution in [1.82, 2.24) is 0 Å². The number of hydrogen-bond acceptors (Lipinski definition) is 3. The van der Waals surface area contributed by atoms with Gasteiger partial charge < -0.3 is 9.84 Å². The Morgan fingerprint density at radius 3 is 2.38 bits per heavy atom. The lowest BCUT2D eigenvalue weighted by Gasteiger charge is -2.26. The molecule has 0 aromatic heterocycles. The SMILES string of the molecule is CC1CC(C(=O)O)(C(C)C)OC1=O. The zero-order valence-electron chi connectivity index (χ0n) is 8.03. The number of ether oxygens (including phenoxy) is 1. The fourth-order valence-corrected chi connectivity index (χ4v) is 1.59. The average Bonchev–Trinajstić information content (AvgIpc) is 2.29. The lowest BCUT2D eigenvalue weighted by Crippen LogP contribution is -2.43. The predicted molar refractivity (Wildman–Crippen MR) is 45.1 cm³/mol. The molecule has 1 N–H and O–H groups in total. The summed E-state index contributed by atoms with van der Waals surface area (Å²) < 4.78 is 4.95. The van der Waals surface area contributed by atoms with E-state index in [1.807, 2.05) is 0 Å². The van der Waals surface area contributed by atoms with Gasteiger partial charge in [0.1, 0.15) is 0 Å². The van der Waals surface area contributed by atoms with Crippen LogP contribution in [-0.2, 0) is 14.3 Å². The molecule has 2 atom stereocenters. The number of cyclic esters (lactones) is 1. The van der Waals surface area contributed by atoms with Crippen LogP contribution in [0.4, 0.5) is 0 Å². The second-order valence-corrected chi connectivity index (χ2v) is 3.88. The molecule has 1 fully saturated rings. The van der Waals surface area contributed by atoms with E-state index >= 15 is 0 Å². The van der Waals surface area contributed by atoms with Crippen LogP contribution in [0.3, 0.4) is 0 Å². The highest BCUT2D eigenvalue weighted by atomic mass is 16.6. The molecule has 1 heterocycles. The van der Waals surface area contributed by atoms with E-state index in [1.165, 1.54) is 0 Å². The summed E-state index contributed by atoms with van der Waals surface area (Å²) in [6, 6.07) is 0. The van der Waals surface area contributed by atoms with Crippen molar-refractivity contribution in [3.05, 3.63) is 0 Å². The molecule has 0 radical (unpaired) electrons. The van der Waals surface area contributed by atoms with E-state index in [0.29, 0.717) is 0 Å². The van der Waals surface area contributed by atoms with Crippen molar-refractivity contribution in [3.63, 3.8) is 0 Å². The van der Waals surface area contributed by atoms with Crippen molar-refractivity contribution >= 4 is 11.9 Å². The number of carboxylic acid groups (broad SMARTS) is 1. The summed E-state index contributed by atoms with van der Waals surface area (Å²) in [4.78, 5) is 22.1. The van der Waals surface area contributed by atoms with Crippen LogP contribution >= 0.6 is 0 Å². The average molecular weight is 186 g/mol. The van der Waals surface area contributed by atoms with Crippen LogP contribution in [0.25, 0.3) is 0 Å². The van der Waals surface area contributed by atoms with Crippen molar-refractivity contribution in [2.75, 3.05) is 0 Å². The number of rotatable bonds is 2. The van der Waals surface area contributed by atoms with E-state index in [4.69, 9.17) is 9.84 Å². The third-order valence-corrected chi connectivity index (χ3v) is 2.59. The highest BCUT2D eigenvalue weighted by Gasteiger charge is 2.53. The van der Waals surface area contributed by atoms with Gasteiger partial charge in [-0.25, -0.2) is 4.79 Å². The molecule has 1 aliphatic heterocycles. The van der Waals surface area contributed by atoms with Gasteiger partial charge in [-0.05, 0) is 0 Å². The smallest absolute Gasteiger partial charge is 0.348 e. The summed E-state index contributed by atoms with van der Waals surface area (Å²) >= 11 is 0. The highest BCUT2D eigenvalue weighted by molar-refractivity contribution is 5.86. The predicted octanol–water partition coefficient (Wildman–Crippen LogP) is 1.05. The topological polar surface area (TPSA) is 63.6 Å². The number of hydrogen-bond donors (Lipinski definition) is 1. The highest BCUT2D eigenvalue weighted by Crippen LogP contribution is 2.37. The maximum Gasteiger partial charge on any atom is 0.348 e. The third kappa shape index (κ3) is 1.41. The van der Waals surface area contributed by atoms with Gasteiger partial charge in [-0.3, -0.25) is 4.79 Å². The monoisotopic (exact) mass is 186 g/mol. The largest absolute Gasteiger partial charge is 0.478 e. The van der Waals surface area contributed by atoms with Crippen molar-refractivity contribution < 1.29 is 19.4 Å². The zero-order chi connectivity index (χ0) is 10.2. The van der Waals surface area contributed by atoms with Crippen molar-refractivity contribution in [2.24, 2.45) is 11.8 Å². The van der Waals surface area contributed by atoms with Crippen molar-refractivity contribution in [2.45, 2.75) is 32.8 Å². The van der Waals surface area contributed by atoms with Gasteiger partial charge in [0.2, 0.25) is 5.60 Å². The molecule has 0 bridgehead atoms. The Morgan fingerprint density at radius 2 is 2.23 bits per heavy atom. The normalized spacial score (nSPS) is 33.5. The van der Waals surface area contributed by atoms with Crippen LogP contribution in [0.15, 0.2) is 0 Å². The van der Waals surface area contributed by atoms with E-state index in [-0.39, 0.29) is 18.3 Å². The molecule has 0 saturated carbocycles. The molecular formula is C9H14O4. The minimum Gasteiger partial charge on any atom is -0.478 e. The zero-order valence-corrected chi connectivity index (χ0v) is 8.03. The fourth-order valence-electron chi connectivity index (χ4n) is 1.59. The number of esters is 1. The minimum absolute atomic E-state index is 0.195. The first kappa shape index (κ1) is 10.0. The fraction of sp³-hybridized carbons (Fsp3) is 0.778.